The Hall–Kier alpha value is -0.860. The second-order valence-corrected chi connectivity index (χ2v) is 4.84. The van der Waals surface area contributed by atoms with Crippen LogP contribution in [0.25, 0.3) is 0 Å². The number of Topliss-reactive ketones (excluding diaryl/α,β-unsaturated/α-hetero) is 1. The monoisotopic (exact) mass is 183 g/mol. The summed E-state index contributed by atoms with van der Waals surface area (Å²) < 4.78 is 0. The van der Waals surface area contributed by atoms with Gasteiger partial charge in [0.05, 0.1) is 6.54 Å². The van der Waals surface area contributed by atoms with Crippen LogP contribution in [0.3, 0.4) is 0 Å². The lowest BCUT2D eigenvalue weighted by Gasteiger charge is -2.21. The first-order valence-electron chi connectivity index (χ1n) is 4.68. The minimum Gasteiger partial charge on any atom is -0.335 e. The maximum absolute atomic E-state index is 11.6. The van der Waals surface area contributed by atoms with Gasteiger partial charge in [0.15, 0.2) is 5.78 Å². The van der Waals surface area contributed by atoms with E-state index in [4.69, 9.17) is 0 Å². The molecule has 0 spiro atoms. The van der Waals surface area contributed by atoms with E-state index in [-0.39, 0.29) is 17.1 Å². The fourth-order valence-corrected chi connectivity index (χ4v) is 1.41. The van der Waals surface area contributed by atoms with Gasteiger partial charge in [-0.2, -0.15) is 0 Å². The highest BCUT2D eigenvalue weighted by molar-refractivity contribution is 5.89. The van der Waals surface area contributed by atoms with Crippen LogP contribution in [0, 0.1) is 5.41 Å². The molecule has 1 saturated heterocycles. The molecule has 1 rings (SSSR count). The van der Waals surface area contributed by atoms with Crippen molar-refractivity contribution in [2.45, 2.75) is 33.6 Å². The van der Waals surface area contributed by atoms with Crippen molar-refractivity contribution in [3.8, 4) is 0 Å². The smallest absolute Gasteiger partial charge is 0.223 e. The van der Waals surface area contributed by atoms with Crippen molar-refractivity contribution in [2.24, 2.45) is 5.41 Å². The Labute approximate surface area is 79.1 Å². The topological polar surface area (TPSA) is 37.4 Å². The molecule has 74 valence electrons. The fraction of sp³-hybridized carbons (Fsp3) is 0.800. The molecule has 1 aliphatic heterocycles. The van der Waals surface area contributed by atoms with Gasteiger partial charge < -0.3 is 4.90 Å². The second-order valence-electron chi connectivity index (χ2n) is 4.84. The van der Waals surface area contributed by atoms with Gasteiger partial charge in [-0.3, -0.25) is 9.59 Å². The highest BCUT2D eigenvalue weighted by Crippen LogP contribution is 2.20. The maximum Gasteiger partial charge on any atom is 0.223 e. The molecule has 3 nitrogen and oxygen atoms in total. The summed E-state index contributed by atoms with van der Waals surface area (Å²) in [6.45, 7) is 7.04. The number of likely N-dealkylation sites (tertiary alicyclic amines) is 1. The molecule has 0 unspecified atom stereocenters. The van der Waals surface area contributed by atoms with E-state index in [2.05, 4.69) is 0 Å². The second kappa shape index (κ2) is 3.48. The number of carbonyl (C=O) groups is 2. The fourth-order valence-electron chi connectivity index (χ4n) is 1.41. The van der Waals surface area contributed by atoms with Crippen LogP contribution in [0.4, 0.5) is 0 Å². The summed E-state index contributed by atoms with van der Waals surface area (Å²) in [6.07, 6.45) is 1.07. The SMILES string of the molecule is CC(C)(C)CC(=O)N1CCC(=O)C1. The van der Waals surface area contributed by atoms with Crippen LogP contribution in [0.1, 0.15) is 33.6 Å². The zero-order chi connectivity index (χ0) is 10.1. The lowest BCUT2D eigenvalue weighted by atomic mass is 9.92. The van der Waals surface area contributed by atoms with Gasteiger partial charge in [-0.1, -0.05) is 20.8 Å². The van der Waals surface area contributed by atoms with Crippen molar-refractivity contribution in [3.63, 3.8) is 0 Å². The summed E-state index contributed by atoms with van der Waals surface area (Å²) in [6, 6.07) is 0. The first kappa shape index (κ1) is 10.2. The normalized spacial score (nSPS) is 18.1. The Balaban J connectivity index is 2.45. The van der Waals surface area contributed by atoms with Gasteiger partial charge in [-0.05, 0) is 5.41 Å². The van der Waals surface area contributed by atoms with Crippen LogP contribution < -0.4 is 0 Å². The molecule has 1 amide bonds. The molecule has 1 aliphatic rings. The van der Waals surface area contributed by atoms with Crippen molar-refractivity contribution in [3.05, 3.63) is 0 Å². The molecule has 0 N–H and O–H groups in total. The minimum absolute atomic E-state index is 0.0166. The molecule has 13 heavy (non-hydrogen) atoms. The largest absolute Gasteiger partial charge is 0.335 e. The summed E-state index contributed by atoms with van der Waals surface area (Å²) in [7, 11) is 0. The lowest BCUT2D eigenvalue weighted by Crippen LogP contribution is -2.31. The first-order chi connectivity index (χ1) is 5.88. The average molecular weight is 183 g/mol. The Bertz CT molecular complexity index is 228. The number of ketones is 1. The van der Waals surface area contributed by atoms with E-state index in [9.17, 15) is 9.59 Å². The van der Waals surface area contributed by atoms with Gasteiger partial charge in [0.25, 0.3) is 0 Å². The third-order valence-electron chi connectivity index (χ3n) is 2.06. The lowest BCUT2D eigenvalue weighted by molar-refractivity contribution is -0.133. The number of hydrogen-bond acceptors (Lipinski definition) is 2. The average Bonchev–Trinajstić information content (AvgIpc) is 2.31. The summed E-state index contributed by atoms with van der Waals surface area (Å²) >= 11 is 0. The summed E-state index contributed by atoms with van der Waals surface area (Å²) in [5.41, 5.74) is 0.0166. The van der Waals surface area contributed by atoms with Crippen LogP contribution >= 0.6 is 0 Å². The van der Waals surface area contributed by atoms with Gasteiger partial charge in [-0.25, -0.2) is 0 Å². The zero-order valence-electron chi connectivity index (χ0n) is 8.59. The Morgan fingerprint density at radius 3 is 2.46 bits per heavy atom. The van der Waals surface area contributed by atoms with E-state index in [1.54, 1.807) is 4.90 Å². The van der Waals surface area contributed by atoms with E-state index in [1.165, 1.54) is 0 Å². The van der Waals surface area contributed by atoms with Gasteiger partial charge in [-0.15, -0.1) is 0 Å². The number of hydrogen-bond donors (Lipinski definition) is 0. The Morgan fingerprint density at radius 2 is 2.08 bits per heavy atom. The third-order valence-corrected chi connectivity index (χ3v) is 2.06. The van der Waals surface area contributed by atoms with E-state index in [0.717, 1.165) is 0 Å². The Kier molecular flexibility index (Phi) is 2.74. The van der Waals surface area contributed by atoms with Gasteiger partial charge in [0.1, 0.15) is 0 Å². The minimum atomic E-state index is 0.0166. The molecular formula is C10H17NO2. The van der Waals surface area contributed by atoms with Crippen molar-refractivity contribution in [1.82, 2.24) is 4.90 Å². The van der Waals surface area contributed by atoms with Crippen LogP contribution in [0.5, 0.6) is 0 Å². The van der Waals surface area contributed by atoms with E-state index >= 15 is 0 Å². The molecule has 3 heteroatoms. The molecule has 0 aromatic rings. The molecule has 0 saturated carbocycles. The predicted molar refractivity (Wildman–Crippen MR) is 50.3 cm³/mol. The highest BCUT2D eigenvalue weighted by Gasteiger charge is 2.26. The van der Waals surface area contributed by atoms with Crippen LogP contribution in [-0.4, -0.2) is 29.7 Å². The molecule has 0 aromatic heterocycles. The van der Waals surface area contributed by atoms with Gasteiger partial charge in [0, 0.05) is 19.4 Å². The quantitative estimate of drug-likeness (QED) is 0.613. The van der Waals surface area contributed by atoms with Crippen molar-refractivity contribution >= 4 is 11.7 Å². The Morgan fingerprint density at radius 1 is 1.46 bits per heavy atom. The third kappa shape index (κ3) is 3.17. The van der Waals surface area contributed by atoms with Gasteiger partial charge in [0.2, 0.25) is 5.91 Å². The molecule has 0 aromatic carbocycles. The molecule has 1 heterocycles. The van der Waals surface area contributed by atoms with Crippen molar-refractivity contribution in [1.29, 1.82) is 0 Å². The van der Waals surface area contributed by atoms with Crippen molar-refractivity contribution in [2.75, 3.05) is 13.1 Å². The molecule has 0 radical (unpaired) electrons. The number of carbonyl (C=O) groups excluding carboxylic acids is 2. The van der Waals surface area contributed by atoms with E-state index < -0.39 is 0 Å². The van der Waals surface area contributed by atoms with Crippen molar-refractivity contribution < 1.29 is 9.59 Å². The number of amides is 1. The van der Waals surface area contributed by atoms with E-state index in [0.29, 0.717) is 25.9 Å². The molecule has 1 fully saturated rings. The maximum atomic E-state index is 11.6. The van der Waals surface area contributed by atoms with Gasteiger partial charge >= 0.3 is 0 Å². The first-order valence-corrected chi connectivity index (χ1v) is 4.68. The van der Waals surface area contributed by atoms with Crippen LogP contribution in [0.15, 0.2) is 0 Å². The van der Waals surface area contributed by atoms with Crippen LogP contribution in [0.2, 0.25) is 0 Å². The number of rotatable bonds is 1. The summed E-state index contributed by atoms with van der Waals surface area (Å²) in [5, 5.41) is 0. The summed E-state index contributed by atoms with van der Waals surface area (Å²) in [5.74, 6) is 0.292. The van der Waals surface area contributed by atoms with Crippen LogP contribution in [-0.2, 0) is 9.59 Å². The predicted octanol–water partition coefficient (Wildman–Crippen LogP) is 1.22. The molecule has 0 bridgehead atoms. The molecular weight excluding hydrogens is 166 g/mol. The highest BCUT2D eigenvalue weighted by atomic mass is 16.2. The summed E-state index contributed by atoms with van der Waals surface area (Å²) in [4.78, 5) is 24.2. The number of nitrogens with zero attached hydrogens (tertiary/aromatic N) is 1. The zero-order valence-corrected chi connectivity index (χ0v) is 8.59. The molecule has 0 atom stereocenters. The standard InChI is InChI=1S/C10H17NO2/c1-10(2,3)6-9(13)11-5-4-8(12)7-11/h4-7H2,1-3H3. The molecule has 0 aliphatic carbocycles. The van der Waals surface area contributed by atoms with E-state index in [1.807, 2.05) is 20.8 Å².